The second kappa shape index (κ2) is 5.80. The number of hydrogen-bond donors (Lipinski definition) is 1. The number of nitrogen functional groups attached to an aromatic ring is 1. The summed E-state index contributed by atoms with van der Waals surface area (Å²) in [6.45, 7) is 0. The number of hydrogen-bond acceptors (Lipinski definition) is 2. The van der Waals surface area contributed by atoms with E-state index in [1.807, 2.05) is 42.5 Å². The molecule has 88 valence electrons. The molecule has 0 atom stereocenters. The van der Waals surface area contributed by atoms with Crippen molar-refractivity contribution in [2.45, 2.75) is 10.6 Å². The van der Waals surface area contributed by atoms with Crippen LogP contribution in [0.4, 0.5) is 5.69 Å². The first-order valence-electron chi connectivity index (χ1n) is 5.08. The Morgan fingerprint density at radius 3 is 2.65 bits per heavy atom. The summed E-state index contributed by atoms with van der Waals surface area (Å²) in [6, 6.07) is 13.8. The zero-order valence-corrected chi connectivity index (χ0v) is 12.1. The van der Waals surface area contributed by atoms with E-state index in [9.17, 15) is 0 Å². The molecule has 0 aromatic heterocycles. The fraction of sp³-hybridized carbons (Fsp3) is 0.0769. The lowest BCUT2D eigenvalue weighted by Crippen LogP contribution is -1.88. The van der Waals surface area contributed by atoms with E-state index < -0.39 is 0 Å². The van der Waals surface area contributed by atoms with Crippen LogP contribution in [0.25, 0.3) is 0 Å². The third-order valence-corrected chi connectivity index (χ3v) is 4.30. The molecule has 2 N–H and O–H groups in total. The van der Waals surface area contributed by atoms with E-state index >= 15 is 0 Å². The first-order chi connectivity index (χ1) is 8.16. The summed E-state index contributed by atoms with van der Waals surface area (Å²) in [7, 11) is 0. The average molecular weight is 329 g/mol. The summed E-state index contributed by atoms with van der Waals surface area (Å²) in [5, 5.41) is 0.779. The number of anilines is 1. The van der Waals surface area contributed by atoms with Gasteiger partial charge in [0.15, 0.2) is 0 Å². The normalized spacial score (nSPS) is 10.5. The van der Waals surface area contributed by atoms with Crippen LogP contribution in [0.2, 0.25) is 5.02 Å². The highest BCUT2D eigenvalue weighted by atomic mass is 79.9. The van der Waals surface area contributed by atoms with Gasteiger partial charge >= 0.3 is 0 Å². The largest absolute Gasteiger partial charge is 0.398 e. The van der Waals surface area contributed by atoms with E-state index in [1.54, 1.807) is 11.8 Å². The van der Waals surface area contributed by atoms with E-state index in [-0.39, 0.29) is 0 Å². The third kappa shape index (κ3) is 3.41. The minimum atomic E-state index is 0.779. The van der Waals surface area contributed by atoms with Gasteiger partial charge in [0, 0.05) is 25.8 Å². The molecule has 0 fully saturated rings. The van der Waals surface area contributed by atoms with Crippen molar-refractivity contribution in [3.05, 3.63) is 57.5 Å². The van der Waals surface area contributed by atoms with Crippen molar-refractivity contribution < 1.29 is 0 Å². The molecule has 0 heterocycles. The van der Waals surface area contributed by atoms with Gasteiger partial charge in [0.2, 0.25) is 0 Å². The second-order valence-corrected chi connectivity index (χ2v) is 5.90. The van der Waals surface area contributed by atoms with E-state index in [1.165, 1.54) is 0 Å². The van der Waals surface area contributed by atoms with Crippen molar-refractivity contribution in [1.29, 1.82) is 0 Å². The van der Waals surface area contributed by atoms with E-state index in [0.717, 1.165) is 31.4 Å². The van der Waals surface area contributed by atoms with E-state index in [2.05, 4.69) is 15.9 Å². The van der Waals surface area contributed by atoms with Crippen LogP contribution in [0.5, 0.6) is 0 Å². The minimum Gasteiger partial charge on any atom is -0.398 e. The molecule has 0 bridgehead atoms. The van der Waals surface area contributed by atoms with Crippen molar-refractivity contribution >= 4 is 45.0 Å². The minimum absolute atomic E-state index is 0.779. The number of benzene rings is 2. The Bertz CT molecular complexity index is 531. The van der Waals surface area contributed by atoms with Crippen LogP contribution in [-0.2, 0) is 5.75 Å². The molecule has 2 rings (SSSR count). The number of halogens is 2. The zero-order chi connectivity index (χ0) is 12.3. The molecule has 0 spiro atoms. The molecule has 0 aliphatic carbocycles. The summed E-state index contributed by atoms with van der Waals surface area (Å²) in [5.74, 6) is 0.820. The second-order valence-electron chi connectivity index (χ2n) is 3.56. The summed E-state index contributed by atoms with van der Waals surface area (Å²) < 4.78 is 0.996. The van der Waals surface area contributed by atoms with Gasteiger partial charge in [0.05, 0.1) is 0 Å². The Morgan fingerprint density at radius 2 is 1.94 bits per heavy atom. The van der Waals surface area contributed by atoms with Crippen LogP contribution in [0.1, 0.15) is 5.56 Å². The number of nitrogens with two attached hydrogens (primary N) is 1. The maximum atomic E-state index is 6.16. The number of thioether (sulfide) groups is 1. The summed E-state index contributed by atoms with van der Waals surface area (Å²) in [5.41, 5.74) is 7.81. The summed E-state index contributed by atoms with van der Waals surface area (Å²) in [4.78, 5) is 1.09. The van der Waals surface area contributed by atoms with Gasteiger partial charge in [-0.05, 0) is 29.8 Å². The highest BCUT2D eigenvalue weighted by molar-refractivity contribution is 9.10. The fourth-order valence-corrected chi connectivity index (χ4v) is 3.20. The molecule has 2 aromatic carbocycles. The highest BCUT2D eigenvalue weighted by Crippen LogP contribution is 2.31. The molecule has 2 aromatic rings. The van der Waals surface area contributed by atoms with E-state index in [4.69, 9.17) is 17.3 Å². The Hall–Kier alpha value is -0.640. The van der Waals surface area contributed by atoms with Crippen molar-refractivity contribution in [3.63, 3.8) is 0 Å². The Kier molecular flexibility index (Phi) is 4.37. The molecular weight excluding hydrogens is 318 g/mol. The van der Waals surface area contributed by atoms with Gasteiger partial charge in [-0.2, -0.15) is 0 Å². The lowest BCUT2D eigenvalue weighted by molar-refractivity contribution is 1.38. The predicted molar refractivity (Wildman–Crippen MR) is 79.6 cm³/mol. The first kappa shape index (κ1) is 12.8. The molecule has 0 amide bonds. The van der Waals surface area contributed by atoms with Crippen LogP contribution in [-0.4, -0.2) is 0 Å². The molecule has 0 saturated heterocycles. The Labute approximate surface area is 118 Å². The van der Waals surface area contributed by atoms with Crippen molar-refractivity contribution in [2.24, 2.45) is 0 Å². The molecule has 0 aliphatic heterocycles. The van der Waals surface area contributed by atoms with Crippen LogP contribution >= 0.6 is 39.3 Å². The van der Waals surface area contributed by atoms with Crippen LogP contribution < -0.4 is 5.73 Å². The smallest absolute Gasteiger partial charge is 0.0457 e. The van der Waals surface area contributed by atoms with Gasteiger partial charge in [-0.15, -0.1) is 11.8 Å². The van der Waals surface area contributed by atoms with Crippen LogP contribution in [0, 0.1) is 0 Å². The topological polar surface area (TPSA) is 26.0 Å². The quantitative estimate of drug-likeness (QED) is 0.635. The molecule has 1 nitrogen and oxygen atoms in total. The zero-order valence-electron chi connectivity index (χ0n) is 8.99. The van der Waals surface area contributed by atoms with Crippen LogP contribution in [0.3, 0.4) is 0 Å². The van der Waals surface area contributed by atoms with Crippen molar-refractivity contribution in [3.8, 4) is 0 Å². The maximum Gasteiger partial charge on any atom is 0.0457 e. The van der Waals surface area contributed by atoms with E-state index in [0.29, 0.717) is 0 Å². The molecule has 17 heavy (non-hydrogen) atoms. The van der Waals surface area contributed by atoms with Crippen molar-refractivity contribution in [2.75, 3.05) is 5.73 Å². The Morgan fingerprint density at radius 1 is 1.18 bits per heavy atom. The Balaban J connectivity index is 2.10. The molecule has 0 unspecified atom stereocenters. The predicted octanol–water partition coefficient (Wildman–Crippen LogP) is 4.98. The summed E-state index contributed by atoms with van der Waals surface area (Å²) >= 11 is 11.2. The van der Waals surface area contributed by atoms with Gasteiger partial charge in [0.25, 0.3) is 0 Å². The SMILES string of the molecule is Nc1ccccc1SCc1ccc(Br)cc1Cl. The molecular formula is C13H11BrClNS. The summed E-state index contributed by atoms with van der Waals surface area (Å²) in [6.07, 6.45) is 0. The van der Waals surface area contributed by atoms with Gasteiger partial charge in [-0.25, -0.2) is 0 Å². The number of rotatable bonds is 3. The average Bonchev–Trinajstić information content (AvgIpc) is 2.30. The maximum absolute atomic E-state index is 6.16. The lowest BCUT2D eigenvalue weighted by atomic mass is 10.2. The number of para-hydroxylation sites is 1. The molecule has 0 radical (unpaired) electrons. The van der Waals surface area contributed by atoms with Gasteiger partial charge in [0.1, 0.15) is 0 Å². The van der Waals surface area contributed by atoms with Crippen molar-refractivity contribution in [1.82, 2.24) is 0 Å². The molecule has 0 saturated carbocycles. The lowest BCUT2D eigenvalue weighted by Gasteiger charge is -2.06. The molecule has 0 aliphatic rings. The van der Waals surface area contributed by atoms with Gasteiger partial charge in [-0.3, -0.25) is 0 Å². The highest BCUT2D eigenvalue weighted by Gasteiger charge is 2.03. The first-order valence-corrected chi connectivity index (χ1v) is 7.23. The monoisotopic (exact) mass is 327 g/mol. The third-order valence-electron chi connectivity index (χ3n) is 2.32. The van der Waals surface area contributed by atoms with Gasteiger partial charge < -0.3 is 5.73 Å². The fourth-order valence-electron chi connectivity index (χ4n) is 1.41. The standard InChI is InChI=1S/C13H11BrClNS/c14-10-6-5-9(11(15)7-10)8-17-13-4-2-1-3-12(13)16/h1-7H,8,16H2. The van der Waals surface area contributed by atoms with Gasteiger partial charge in [-0.1, -0.05) is 45.7 Å². The van der Waals surface area contributed by atoms with Crippen LogP contribution in [0.15, 0.2) is 51.8 Å². The molecule has 4 heteroatoms.